The van der Waals surface area contributed by atoms with Crippen molar-refractivity contribution in [3.8, 4) is 0 Å². The number of nitrogens with one attached hydrogen (secondary N) is 3. The number of rotatable bonds is 4. The molecule has 1 fully saturated rings. The zero-order valence-electron chi connectivity index (χ0n) is 13.9. The lowest BCUT2D eigenvalue weighted by molar-refractivity contribution is -0.122. The lowest BCUT2D eigenvalue weighted by Crippen LogP contribution is -2.51. The van der Waals surface area contributed by atoms with Crippen LogP contribution in [0.15, 0.2) is 4.99 Å². The molecule has 1 unspecified atom stereocenters. The summed E-state index contributed by atoms with van der Waals surface area (Å²) in [7, 11) is 1.95. The van der Waals surface area contributed by atoms with Gasteiger partial charge in [-0.1, -0.05) is 0 Å². The van der Waals surface area contributed by atoms with Crippen molar-refractivity contribution in [2.45, 2.75) is 46.2 Å². The number of amides is 1. The number of hydrogen-bond acceptors (Lipinski definition) is 3. The number of piperidine rings is 1. The van der Waals surface area contributed by atoms with Gasteiger partial charge in [-0.05, 0) is 27.2 Å². The Kier molecular flexibility index (Phi) is 5.41. The Morgan fingerprint density at radius 1 is 1.50 bits per heavy atom. The molecule has 1 amide bonds. The third-order valence-corrected chi connectivity index (χ3v) is 4.00. The number of nitrogens with zero attached hydrogens (tertiary/aromatic N) is 3. The molecule has 2 rings (SSSR count). The first-order chi connectivity index (χ1) is 10.5. The second kappa shape index (κ2) is 7.29. The van der Waals surface area contributed by atoms with Crippen LogP contribution in [-0.4, -0.2) is 40.8 Å². The molecule has 3 N–H and O–H groups in total. The molecule has 0 saturated carbocycles. The number of aliphatic imine (C=N–C) groups is 1. The lowest BCUT2D eigenvalue weighted by Gasteiger charge is -2.25. The van der Waals surface area contributed by atoms with E-state index in [0.29, 0.717) is 19.5 Å². The van der Waals surface area contributed by atoms with Crippen LogP contribution in [0.3, 0.4) is 0 Å². The van der Waals surface area contributed by atoms with Gasteiger partial charge >= 0.3 is 0 Å². The number of carbonyl (C=O) groups excluding carboxylic acids is 1. The monoisotopic (exact) mass is 306 g/mol. The lowest BCUT2D eigenvalue weighted by atomic mass is 10.1. The van der Waals surface area contributed by atoms with Crippen molar-refractivity contribution in [3.05, 3.63) is 17.0 Å². The summed E-state index contributed by atoms with van der Waals surface area (Å²) in [5.74, 6) is 0.910. The highest BCUT2D eigenvalue weighted by Crippen LogP contribution is 2.13. The minimum atomic E-state index is 0.126. The van der Waals surface area contributed by atoms with Gasteiger partial charge in [-0.3, -0.25) is 9.48 Å². The second-order valence-corrected chi connectivity index (χ2v) is 5.65. The third kappa shape index (κ3) is 3.99. The van der Waals surface area contributed by atoms with Gasteiger partial charge in [0.05, 0.1) is 12.2 Å². The Balaban J connectivity index is 2.02. The van der Waals surface area contributed by atoms with Crippen molar-refractivity contribution in [3.63, 3.8) is 0 Å². The summed E-state index contributed by atoms with van der Waals surface area (Å²) in [6.07, 6.45) is 1.40. The number of aryl methyl sites for hydroxylation is 2. The molecule has 7 heteroatoms. The molecule has 0 aromatic carbocycles. The zero-order valence-corrected chi connectivity index (χ0v) is 13.9. The Bertz CT molecular complexity index is 553. The molecule has 0 bridgehead atoms. The fourth-order valence-electron chi connectivity index (χ4n) is 2.57. The molecule has 1 aromatic rings. The van der Waals surface area contributed by atoms with Gasteiger partial charge in [0.2, 0.25) is 5.91 Å². The maximum Gasteiger partial charge on any atom is 0.220 e. The Hall–Kier alpha value is -2.05. The van der Waals surface area contributed by atoms with E-state index in [9.17, 15) is 4.79 Å². The summed E-state index contributed by atoms with van der Waals surface area (Å²) in [6, 6.07) is 0.228. The molecule has 1 aliphatic heterocycles. The van der Waals surface area contributed by atoms with Crippen LogP contribution in [0.4, 0.5) is 0 Å². The highest BCUT2D eigenvalue weighted by atomic mass is 16.1. The molecule has 122 valence electrons. The highest BCUT2D eigenvalue weighted by molar-refractivity contribution is 5.81. The molecule has 1 aliphatic rings. The van der Waals surface area contributed by atoms with E-state index in [0.717, 1.165) is 35.9 Å². The molecule has 0 spiro atoms. The van der Waals surface area contributed by atoms with Crippen LogP contribution < -0.4 is 16.0 Å². The predicted octanol–water partition coefficient (Wildman–Crippen LogP) is 0.371. The van der Waals surface area contributed by atoms with E-state index < -0.39 is 0 Å². The number of hydrogen-bond donors (Lipinski definition) is 3. The van der Waals surface area contributed by atoms with Crippen molar-refractivity contribution in [2.75, 3.05) is 13.1 Å². The average molecular weight is 306 g/mol. The van der Waals surface area contributed by atoms with Gasteiger partial charge in [-0.15, -0.1) is 0 Å². The molecule has 2 heterocycles. The third-order valence-electron chi connectivity index (χ3n) is 4.00. The van der Waals surface area contributed by atoms with Crippen LogP contribution in [0.1, 0.15) is 36.7 Å². The van der Waals surface area contributed by atoms with E-state index in [2.05, 4.69) is 33.0 Å². The summed E-state index contributed by atoms with van der Waals surface area (Å²) in [5, 5.41) is 13.9. The standard InChI is InChI=1S/C15H26N6O/c1-5-16-15(19-12-6-7-14(22)17-8-12)18-9-13-10(2)20-21(4)11(13)3/h12H,5-9H2,1-4H3,(H,17,22)(H2,16,18,19). The van der Waals surface area contributed by atoms with E-state index in [1.165, 1.54) is 0 Å². The first-order valence-corrected chi connectivity index (χ1v) is 7.81. The van der Waals surface area contributed by atoms with Crippen molar-refractivity contribution < 1.29 is 4.79 Å². The molecule has 7 nitrogen and oxygen atoms in total. The molecule has 1 saturated heterocycles. The minimum Gasteiger partial charge on any atom is -0.357 e. The maximum absolute atomic E-state index is 11.2. The molecular weight excluding hydrogens is 280 g/mol. The van der Waals surface area contributed by atoms with E-state index in [-0.39, 0.29) is 11.9 Å². The van der Waals surface area contributed by atoms with Gasteiger partial charge in [-0.2, -0.15) is 5.10 Å². The molecule has 0 aliphatic carbocycles. The quantitative estimate of drug-likeness (QED) is 0.554. The van der Waals surface area contributed by atoms with E-state index in [4.69, 9.17) is 0 Å². The van der Waals surface area contributed by atoms with Gasteiger partial charge in [0, 0.05) is 43.9 Å². The molecule has 22 heavy (non-hydrogen) atoms. The first-order valence-electron chi connectivity index (χ1n) is 7.81. The van der Waals surface area contributed by atoms with Crippen LogP contribution in [0.25, 0.3) is 0 Å². The smallest absolute Gasteiger partial charge is 0.220 e. The predicted molar refractivity (Wildman–Crippen MR) is 86.7 cm³/mol. The van der Waals surface area contributed by atoms with Crippen LogP contribution in [0.2, 0.25) is 0 Å². The van der Waals surface area contributed by atoms with Gasteiger partial charge < -0.3 is 16.0 Å². The number of aromatic nitrogens is 2. The van der Waals surface area contributed by atoms with Crippen LogP contribution >= 0.6 is 0 Å². The number of guanidine groups is 1. The summed E-state index contributed by atoms with van der Waals surface area (Å²) in [5.41, 5.74) is 3.32. The summed E-state index contributed by atoms with van der Waals surface area (Å²) >= 11 is 0. The second-order valence-electron chi connectivity index (χ2n) is 5.65. The van der Waals surface area contributed by atoms with Crippen molar-refractivity contribution in [2.24, 2.45) is 12.0 Å². The Morgan fingerprint density at radius 3 is 2.82 bits per heavy atom. The SMILES string of the molecule is CCNC(=NCc1c(C)nn(C)c1C)NC1CCC(=O)NC1. The average Bonchev–Trinajstić information content (AvgIpc) is 2.72. The molecule has 0 radical (unpaired) electrons. The van der Waals surface area contributed by atoms with E-state index in [1.807, 2.05) is 25.6 Å². The van der Waals surface area contributed by atoms with Crippen molar-refractivity contribution in [1.29, 1.82) is 0 Å². The molecular formula is C15H26N6O. The summed E-state index contributed by atoms with van der Waals surface area (Å²) in [4.78, 5) is 15.9. The van der Waals surface area contributed by atoms with E-state index in [1.54, 1.807) is 0 Å². The van der Waals surface area contributed by atoms with Crippen LogP contribution in [-0.2, 0) is 18.4 Å². The van der Waals surface area contributed by atoms with Crippen molar-refractivity contribution in [1.82, 2.24) is 25.7 Å². The topological polar surface area (TPSA) is 83.3 Å². The normalized spacial score (nSPS) is 19.0. The van der Waals surface area contributed by atoms with Gasteiger partial charge in [0.1, 0.15) is 0 Å². The molecule has 1 aromatic heterocycles. The van der Waals surface area contributed by atoms with Crippen LogP contribution in [0.5, 0.6) is 0 Å². The van der Waals surface area contributed by atoms with Crippen molar-refractivity contribution >= 4 is 11.9 Å². The van der Waals surface area contributed by atoms with Gasteiger partial charge in [0.25, 0.3) is 0 Å². The zero-order chi connectivity index (χ0) is 16.1. The van der Waals surface area contributed by atoms with Crippen LogP contribution in [0, 0.1) is 13.8 Å². The van der Waals surface area contributed by atoms with E-state index >= 15 is 0 Å². The fourth-order valence-corrected chi connectivity index (χ4v) is 2.57. The maximum atomic E-state index is 11.2. The summed E-state index contributed by atoms with van der Waals surface area (Å²) < 4.78 is 1.89. The minimum absolute atomic E-state index is 0.126. The highest BCUT2D eigenvalue weighted by Gasteiger charge is 2.18. The largest absolute Gasteiger partial charge is 0.357 e. The molecule has 1 atom stereocenters. The summed E-state index contributed by atoms with van der Waals surface area (Å²) in [6.45, 7) is 8.15. The fraction of sp³-hybridized carbons (Fsp3) is 0.667. The Labute approximate surface area is 131 Å². The number of carbonyl (C=O) groups is 1. The van der Waals surface area contributed by atoms with Gasteiger partial charge in [0.15, 0.2) is 5.96 Å². The Morgan fingerprint density at radius 2 is 2.27 bits per heavy atom. The first kappa shape index (κ1) is 16.3. The van der Waals surface area contributed by atoms with Gasteiger partial charge in [-0.25, -0.2) is 4.99 Å².